The number of nitrogens with zero attached hydrogens (tertiary/aromatic N) is 1. The zero-order valence-electron chi connectivity index (χ0n) is 17.2. The average molecular weight is 394 g/mol. The van der Waals surface area contributed by atoms with Gasteiger partial charge in [0.25, 0.3) is 0 Å². The van der Waals surface area contributed by atoms with Crippen molar-refractivity contribution in [2.75, 3.05) is 11.9 Å². The van der Waals surface area contributed by atoms with E-state index in [9.17, 15) is 4.79 Å². The van der Waals surface area contributed by atoms with Gasteiger partial charge in [-0.1, -0.05) is 24.2 Å². The van der Waals surface area contributed by atoms with E-state index in [0.29, 0.717) is 18.1 Å². The molecular weight excluding hydrogens is 368 g/mol. The van der Waals surface area contributed by atoms with Crippen LogP contribution in [-0.4, -0.2) is 23.5 Å². The van der Waals surface area contributed by atoms with Gasteiger partial charge in [0.2, 0.25) is 0 Å². The Morgan fingerprint density at radius 2 is 1.69 bits per heavy atom. The number of aromatic nitrogens is 1. The molecule has 1 heterocycles. The largest absolute Gasteiger partial charge is 0.494 e. The average Bonchev–Trinajstić information content (AvgIpc) is 3.16. The fourth-order valence-corrected chi connectivity index (χ4v) is 2.63. The molecule has 0 saturated heterocycles. The van der Waals surface area contributed by atoms with E-state index in [2.05, 4.69) is 17.4 Å². The maximum atomic E-state index is 11.9. The van der Waals surface area contributed by atoms with Gasteiger partial charge in [-0.2, -0.15) is 0 Å². The van der Waals surface area contributed by atoms with Crippen LogP contribution in [0.5, 0.6) is 5.75 Å². The first-order chi connectivity index (χ1) is 13.8. The van der Waals surface area contributed by atoms with Crippen LogP contribution in [-0.2, 0) is 4.74 Å². The molecule has 3 aromatic rings. The minimum Gasteiger partial charge on any atom is -0.494 e. The van der Waals surface area contributed by atoms with Gasteiger partial charge in [-0.05, 0) is 63.6 Å². The number of hydrogen-bond acceptors (Lipinski definition) is 5. The van der Waals surface area contributed by atoms with Crippen LogP contribution < -0.4 is 10.1 Å². The van der Waals surface area contributed by atoms with Gasteiger partial charge in [-0.25, -0.2) is 4.79 Å². The van der Waals surface area contributed by atoms with Crippen LogP contribution >= 0.6 is 0 Å². The highest BCUT2D eigenvalue weighted by Gasteiger charge is 2.16. The van der Waals surface area contributed by atoms with Gasteiger partial charge >= 0.3 is 6.09 Å². The van der Waals surface area contributed by atoms with Crippen LogP contribution in [0.3, 0.4) is 0 Å². The first-order valence-electron chi connectivity index (χ1n) is 9.64. The maximum absolute atomic E-state index is 11.9. The lowest BCUT2D eigenvalue weighted by Gasteiger charge is -2.19. The molecule has 0 unspecified atom stereocenters. The molecule has 3 rings (SSSR count). The van der Waals surface area contributed by atoms with Gasteiger partial charge in [-0.15, -0.1) is 0 Å². The van der Waals surface area contributed by atoms with Crippen LogP contribution in [0.2, 0.25) is 0 Å². The second kappa shape index (κ2) is 8.82. The van der Waals surface area contributed by atoms with Gasteiger partial charge in [0, 0.05) is 22.9 Å². The Hall–Kier alpha value is -3.28. The van der Waals surface area contributed by atoms with Gasteiger partial charge in [0.15, 0.2) is 5.76 Å². The molecule has 2 aromatic carbocycles. The third-order valence-corrected chi connectivity index (χ3v) is 3.95. The summed E-state index contributed by atoms with van der Waals surface area (Å²) in [6.45, 7) is 8.24. The summed E-state index contributed by atoms with van der Waals surface area (Å²) in [4.78, 5) is 11.9. The summed E-state index contributed by atoms with van der Waals surface area (Å²) >= 11 is 0. The van der Waals surface area contributed by atoms with Crippen LogP contribution in [0.15, 0.2) is 59.1 Å². The Labute approximate surface area is 170 Å². The third-order valence-electron chi connectivity index (χ3n) is 3.95. The van der Waals surface area contributed by atoms with Crippen LogP contribution in [0.1, 0.15) is 34.1 Å². The first-order valence-corrected chi connectivity index (χ1v) is 9.64. The van der Waals surface area contributed by atoms with Crippen molar-refractivity contribution in [1.29, 1.82) is 0 Å². The van der Waals surface area contributed by atoms with Crippen molar-refractivity contribution >= 4 is 11.8 Å². The van der Waals surface area contributed by atoms with Crippen molar-refractivity contribution in [3.63, 3.8) is 0 Å². The number of amides is 1. The lowest BCUT2D eigenvalue weighted by atomic mass is 10.1. The number of hydrogen-bond donors (Lipinski definition) is 1. The van der Waals surface area contributed by atoms with Crippen LogP contribution in [0.25, 0.3) is 22.6 Å². The quantitative estimate of drug-likeness (QED) is 0.543. The molecule has 0 atom stereocenters. The lowest BCUT2D eigenvalue weighted by Crippen LogP contribution is -2.27. The van der Waals surface area contributed by atoms with Gasteiger partial charge < -0.3 is 14.0 Å². The summed E-state index contributed by atoms with van der Waals surface area (Å²) in [6, 6.07) is 17.0. The fraction of sp³-hybridized carbons (Fsp3) is 0.304. The van der Waals surface area contributed by atoms with E-state index in [1.807, 2.05) is 63.2 Å². The van der Waals surface area contributed by atoms with Gasteiger partial charge in [0.05, 0.1) is 6.61 Å². The molecule has 0 bridgehead atoms. The number of carbonyl (C=O) groups is 1. The molecule has 0 aliphatic carbocycles. The summed E-state index contributed by atoms with van der Waals surface area (Å²) in [5.41, 5.74) is 2.64. The second-order valence-electron chi connectivity index (χ2n) is 7.65. The van der Waals surface area contributed by atoms with Gasteiger partial charge in [0.1, 0.15) is 17.0 Å². The molecule has 0 radical (unpaired) electrons. The topological polar surface area (TPSA) is 73.6 Å². The number of anilines is 1. The van der Waals surface area contributed by atoms with Crippen molar-refractivity contribution in [1.82, 2.24) is 5.16 Å². The molecule has 6 heteroatoms. The number of carbonyl (C=O) groups excluding carboxylic acids is 1. The Morgan fingerprint density at radius 3 is 2.31 bits per heavy atom. The number of benzene rings is 2. The van der Waals surface area contributed by atoms with E-state index in [1.165, 1.54) is 0 Å². The molecule has 1 aromatic heterocycles. The van der Waals surface area contributed by atoms with Crippen molar-refractivity contribution in [2.45, 2.75) is 39.7 Å². The van der Waals surface area contributed by atoms with Crippen LogP contribution in [0.4, 0.5) is 10.5 Å². The maximum Gasteiger partial charge on any atom is 0.412 e. The predicted octanol–water partition coefficient (Wildman–Crippen LogP) is 6.14. The zero-order chi connectivity index (χ0) is 20.9. The normalized spacial score (nSPS) is 11.2. The molecule has 0 aliphatic heterocycles. The van der Waals surface area contributed by atoms with Crippen molar-refractivity contribution in [3.05, 3.63) is 54.6 Å². The molecule has 0 saturated carbocycles. The van der Waals surface area contributed by atoms with Gasteiger partial charge in [-0.3, -0.25) is 5.32 Å². The third kappa shape index (κ3) is 5.85. The second-order valence-corrected chi connectivity index (χ2v) is 7.65. The van der Waals surface area contributed by atoms with E-state index in [-0.39, 0.29) is 0 Å². The summed E-state index contributed by atoms with van der Waals surface area (Å²) in [5, 5.41) is 6.87. The Kier molecular flexibility index (Phi) is 6.22. The number of nitrogens with one attached hydrogen (secondary N) is 1. The SMILES string of the molecule is CCCOc1ccc(-c2cc(-c3ccc(NC(=O)OC(C)(C)C)cc3)no2)cc1. The minimum atomic E-state index is -0.540. The van der Waals surface area contributed by atoms with E-state index in [0.717, 1.165) is 29.0 Å². The van der Waals surface area contributed by atoms with E-state index >= 15 is 0 Å². The van der Waals surface area contributed by atoms with E-state index in [1.54, 1.807) is 12.1 Å². The molecule has 0 fully saturated rings. The Balaban J connectivity index is 1.66. The summed E-state index contributed by atoms with van der Waals surface area (Å²) in [5.74, 6) is 1.52. The smallest absolute Gasteiger partial charge is 0.412 e. The highest BCUT2D eigenvalue weighted by Crippen LogP contribution is 2.28. The molecule has 1 N–H and O–H groups in total. The molecular formula is C23H26N2O4. The summed E-state index contributed by atoms with van der Waals surface area (Å²) < 4.78 is 16.3. The van der Waals surface area contributed by atoms with Crippen molar-refractivity contribution < 1.29 is 18.8 Å². The number of rotatable bonds is 6. The predicted molar refractivity (Wildman–Crippen MR) is 113 cm³/mol. The summed E-state index contributed by atoms with van der Waals surface area (Å²) in [7, 11) is 0. The first kappa shape index (κ1) is 20.5. The molecule has 29 heavy (non-hydrogen) atoms. The number of ether oxygens (including phenoxy) is 2. The Bertz CT molecular complexity index is 938. The summed E-state index contributed by atoms with van der Waals surface area (Å²) in [6.07, 6.45) is 0.486. The van der Waals surface area contributed by atoms with Crippen molar-refractivity contribution in [3.8, 4) is 28.3 Å². The molecule has 152 valence electrons. The minimum absolute atomic E-state index is 0.486. The lowest BCUT2D eigenvalue weighted by molar-refractivity contribution is 0.0636. The molecule has 0 aliphatic rings. The monoisotopic (exact) mass is 394 g/mol. The highest BCUT2D eigenvalue weighted by molar-refractivity contribution is 5.85. The Morgan fingerprint density at radius 1 is 1.03 bits per heavy atom. The standard InChI is InChI=1S/C23H26N2O4/c1-5-14-27-19-12-8-17(9-13-19)21-15-20(25-29-21)16-6-10-18(11-7-16)24-22(26)28-23(2,3)4/h6-13,15H,5,14H2,1-4H3,(H,24,26). The molecule has 0 spiro atoms. The van der Waals surface area contributed by atoms with E-state index in [4.69, 9.17) is 14.0 Å². The van der Waals surface area contributed by atoms with E-state index < -0.39 is 11.7 Å². The molecule has 6 nitrogen and oxygen atoms in total. The highest BCUT2D eigenvalue weighted by atomic mass is 16.6. The van der Waals surface area contributed by atoms with Crippen LogP contribution in [0, 0.1) is 0 Å². The molecule has 1 amide bonds. The van der Waals surface area contributed by atoms with Crippen molar-refractivity contribution in [2.24, 2.45) is 0 Å². The fourth-order valence-electron chi connectivity index (χ4n) is 2.63. The zero-order valence-corrected chi connectivity index (χ0v) is 17.2.